The summed E-state index contributed by atoms with van der Waals surface area (Å²) in [4.78, 5) is 6.61. The number of anilines is 1. The number of benzene rings is 2. The van der Waals surface area contributed by atoms with Crippen LogP contribution in [-0.2, 0) is 0 Å². The molecule has 0 aliphatic carbocycles. The summed E-state index contributed by atoms with van der Waals surface area (Å²) < 4.78 is 1.14. The van der Waals surface area contributed by atoms with E-state index < -0.39 is 0 Å². The molecule has 0 aliphatic heterocycles. The lowest BCUT2D eigenvalue weighted by Gasteiger charge is -2.08. The lowest BCUT2D eigenvalue weighted by molar-refractivity contribution is 0.865. The Morgan fingerprint density at radius 2 is 1.85 bits per heavy atom. The van der Waals surface area contributed by atoms with Crippen LogP contribution >= 0.6 is 23.1 Å². The van der Waals surface area contributed by atoms with Crippen molar-refractivity contribution < 1.29 is 0 Å². The zero-order valence-corrected chi connectivity index (χ0v) is 13.1. The lowest BCUT2D eigenvalue weighted by Crippen LogP contribution is -1.90. The zero-order valence-electron chi connectivity index (χ0n) is 11.5. The zero-order chi connectivity index (χ0) is 14.1. The fraction of sp³-hybridized carbons (Fsp3) is 0.188. The smallest absolute Gasteiger partial charge is 0.105 e. The topological polar surface area (TPSA) is 38.9 Å². The first-order valence-electron chi connectivity index (χ1n) is 6.54. The highest BCUT2D eigenvalue weighted by molar-refractivity contribution is 7.99. The molecular formula is C16H16N2S2. The second-order valence-corrected chi connectivity index (χ2v) is 7.00. The van der Waals surface area contributed by atoms with E-state index in [9.17, 15) is 0 Å². The number of nitrogens with zero attached hydrogens (tertiary/aromatic N) is 1. The van der Waals surface area contributed by atoms with Crippen LogP contribution in [0.3, 0.4) is 0 Å². The monoisotopic (exact) mass is 300 g/mol. The Kier molecular flexibility index (Phi) is 3.68. The van der Waals surface area contributed by atoms with E-state index in [1.54, 1.807) is 23.1 Å². The first-order valence-corrected chi connectivity index (χ1v) is 8.24. The molecule has 0 atom stereocenters. The normalized spacial score (nSPS) is 11.3. The van der Waals surface area contributed by atoms with Gasteiger partial charge in [0.15, 0.2) is 0 Å². The average Bonchev–Trinajstić information content (AvgIpc) is 2.92. The summed E-state index contributed by atoms with van der Waals surface area (Å²) in [6.45, 7) is 4.41. The summed E-state index contributed by atoms with van der Waals surface area (Å²) in [5.74, 6) is 0.561. The Balaban J connectivity index is 1.90. The first kappa shape index (κ1) is 13.5. The third kappa shape index (κ3) is 2.53. The summed E-state index contributed by atoms with van der Waals surface area (Å²) in [7, 11) is 0. The molecule has 20 heavy (non-hydrogen) atoms. The van der Waals surface area contributed by atoms with Gasteiger partial charge in [-0.15, -0.1) is 11.3 Å². The van der Waals surface area contributed by atoms with Crippen molar-refractivity contribution >= 4 is 39.0 Å². The van der Waals surface area contributed by atoms with E-state index in [-0.39, 0.29) is 0 Å². The van der Waals surface area contributed by atoms with Crippen LogP contribution in [0.1, 0.15) is 25.3 Å². The van der Waals surface area contributed by atoms with Crippen molar-refractivity contribution in [2.24, 2.45) is 0 Å². The molecule has 2 aromatic carbocycles. The highest BCUT2D eigenvalue weighted by Gasteiger charge is 2.08. The standard InChI is InChI=1S/C16H16N2S2/c1-10(2)11-3-5-12(6-4-11)20-13-7-8-14-16(15(13)17)18-9-19-14/h3-10H,17H2,1-2H3. The van der Waals surface area contributed by atoms with Crippen LogP contribution in [-0.4, -0.2) is 4.98 Å². The van der Waals surface area contributed by atoms with E-state index in [1.165, 1.54) is 10.5 Å². The van der Waals surface area contributed by atoms with Crippen LogP contribution in [0.25, 0.3) is 10.2 Å². The van der Waals surface area contributed by atoms with E-state index >= 15 is 0 Å². The van der Waals surface area contributed by atoms with Gasteiger partial charge in [-0.3, -0.25) is 0 Å². The minimum Gasteiger partial charge on any atom is -0.396 e. The van der Waals surface area contributed by atoms with Crippen molar-refractivity contribution in [1.29, 1.82) is 0 Å². The first-order chi connectivity index (χ1) is 9.65. The summed E-state index contributed by atoms with van der Waals surface area (Å²) >= 11 is 3.31. The predicted octanol–water partition coefficient (Wildman–Crippen LogP) is 5.15. The fourth-order valence-electron chi connectivity index (χ4n) is 2.07. The summed E-state index contributed by atoms with van der Waals surface area (Å²) in [6, 6.07) is 12.9. The fourth-order valence-corrected chi connectivity index (χ4v) is 3.63. The van der Waals surface area contributed by atoms with E-state index in [1.807, 2.05) is 5.51 Å². The number of rotatable bonds is 3. The second-order valence-electron chi connectivity index (χ2n) is 5.00. The van der Waals surface area contributed by atoms with Gasteiger partial charge in [0.25, 0.3) is 0 Å². The lowest BCUT2D eigenvalue weighted by atomic mass is 10.0. The largest absolute Gasteiger partial charge is 0.396 e. The molecule has 0 amide bonds. The van der Waals surface area contributed by atoms with Crippen molar-refractivity contribution in [2.75, 3.05) is 5.73 Å². The molecule has 3 aromatic rings. The number of thiazole rings is 1. The Hall–Kier alpha value is -1.52. The Bertz CT molecular complexity index is 730. The average molecular weight is 300 g/mol. The van der Waals surface area contributed by atoms with Crippen molar-refractivity contribution in [1.82, 2.24) is 4.98 Å². The highest BCUT2D eigenvalue weighted by Crippen LogP contribution is 2.37. The highest BCUT2D eigenvalue weighted by atomic mass is 32.2. The number of nitrogen functional groups attached to an aromatic ring is 1. The number of hydrogen-bond donors (Lipinski definition) is 1. The van der Waals surface area contributed by atoms with Gasteiger partial charge < -0.3 is 5.73 Å². The van der Waals surface area contributed by atoms with Crippen molar-refractivity contribution in [3.05, 3.63) is 47.5 Å². The Labute approximate surface area is 127 Å². The number of hydrogen-bond acceptors (Lipinski definition) is 4. The number of aromatic nitrogens is 1. The van der Waals surface area contributed by atoms with Crippen molar-refractivity contribution in [3.8, 4) is 0 Å². The van der Waals surface area contributed by atoms with Crippen LogP contribution in [0.2, 0.25) is 0 Å². The van der Waals surface area contributed by atoms with E-state index in [2.05, 4.69) is 55.2 Å². The molecule has 0 bridgehead atoms. The van der Waals surface area contributed by atoms with E-state index in [4.69, 9.17) is 5.73 Å². The minimum absolute atomic E-state index is 0.561. The molecule has 0 unspecified atom stereocenters. The summed E-state index contributed by atoms with van der Waals surface area (Å²) in [6.07, 6.45) is 0. The second kappa shape index (κ2) is 5.46. The molecule has 0 radical (unpaired) electrons. The Morgan fingerprint density at radius 3 is 2.55 bits per heavy atom. The molecule has 0 fully saturated rings. The maximum atomic E-state index is 6.21. The quantitative estimate of drug-likeness (QED) is 0.680. The molecule has 2 N–H and O–H groups in total. The summed E-state index contributed by atoms with van der Waals surface area (Å²) in [5.41, 5.74) is 11.1. The molecule has 1 aromatic heterocycles. The minimum atomic E-state index is 0.561. The molecule has 102 valence electrons. The van der Waals surface area contributed by atoms with Gasteiger partial charge in [0.1, 0.15) is 5.52 Å². The van der Waals surface area contributed by atoms with Gasteiger partial charge in [0, 0.05) is 9.79 Å². The van der Waals surface area contributed by atoms with Crippen LogP contribution < -0.4 is 5.73 Å². The van der Waals surface area contributed by atoms with Crippen LogP contribution in [0.5, 0.6) is 0 Å². The van der Waals surface area contributed by atoms with Crippen molar-refractivity contribution in [3.63, 3.8) is 0 Å². The maximum Gasteiger partial charge on any atom is 0.105 e. The molecule has 0 spiro atoms. The predicted molar refractivity (Wildman–Crippen MR) is 88.7 cm³/mol. The number of nitrogens with two attached hydrogens (primary N) is 1. The molecule has 0 aliphatic rings. The van der Waals surface area contributed by atoms with Gasteiger partial charge in [-0.1, -0.05) is 37.7 Å². The van der Waals surface area contributed by atoms with Gasteiger partial charge in [-0.05, 0) is 35.7 Å². The van der Waals surface area contributed by atoms with E-state index in [0.29, 0.717) is 5.92 Å². The third-order valence-corrected chi connectivity index (χ3v) is 5.15. The van der Waals surface area contributed by atoms with Gasteiger partial charge in [0.05, 0.1) is 15.9 Å². The van der Waals surface area contributed by atoms with Crippen LogP contribution in [0.4, 0.5) is 5.69 Å². The van der Waals surface area contributed by atoms with Crippen molar-refractivity contribution in [2.45, 2.75) is 29.6 Å². The van der Waals surface area contributed by atoms with Gasteiger partial charge >= 0.3 is 0 Å². The summed E-state index contributed by atoms with van der Waals surface area (Å²) in [5, 5.41) is 0. The Morgan fingerprint density at radius 1 is 1.10 bits per heavy atom. The molecule has 0 saturated carbocycles. The molecule has 0 saturated heterocycles. The molecule has 3 rings (SSSR count). The van der Waals surface area contributed by atoms with E-state index in [0.717, 1.165) is 20.8 Å². The number of fused-ring (bicyclic) bond motifs is 1. The van der Waals surface area contributed by atoms with Crippen LogP contribution in [0, 0.1) is 0 Å². The van der Waals surface area contributed by atoms with Gasteiger partial charge in [-0.25, -0.2) is 4.98 Å². The molecule has 4 heteroatoms. The van der Waals surface area contributed by atoms with Crippen LogP contribution in [0.15, 0.2) is 51.7 Å². The maximum absolute atomic E-state index is 6.21. The molecule has 1 heterocycles. The third-order valence-electron chi connectivity index (χ3n) is 3.28. The van der Waals surface area contributed by atoms with Gasteiger partial charge in [-0.2, -0.15) is 0 Å². The molecule has 2 nitrogen and oxygen atoms in total. The SMILES string of the molecule is CC(C)c1ccc(Sc2ccc3scnc3c2N)cc1. The molecular weight excluding hydrogens is 284 g/mol. The van der Waals surface area contributed by atoms with Gasteiger partial charge in [0.2, 0.25) is 0 Å².